The molecular formula is C31H29F6N3O4. The summed E-state index contributed by atoms with van der Waals surface area (Å²) < 4.78 is 63.5. The average Bonchev–Trinajstić information content (AvgIpc) is 2.98. The van der Waals surface area contributed by atoms with E-state index in [1.165, 1.54) is 33.0 Å². The Balaban J connectivity index is 0.000000317. The number of carboxylic acid groups (broad SMARTS) is 2. The maximum absolute atomic E-state index is 10.6. The van der Waals surface area contributed by atoms with Crippen LogP contribution in [-0.2, 0) is 22.7 Å². The Morgan fingerprint density at radius 2 is 1.02 bits per heavy atom. The Bertz CT molecular complexity index is 1480. The van der Waals surface area contributed by atoms with Gasteiger partial charge in [-0.1, -0.05) is 60.7 Å². The van der Waals surface area contributed by atoms with Gasteiger partial charge < -0.3 is 10.2 Å². The second-order valence-corrected chi connectivity index (χ2v) is 9.77. The molecular weight excluding hydrogens is 592 g/mol. The van der Waals surface area contributed by atoms with Crippen LogP contribution in [0.15, 0.2) is 91.3 Å². The third kappa shape index (κ3) is 11.0. The molecule has 0 radical (unpaired) electrons. The lowest BCUT2D eigenvalue weighted by Gasteiger charge is -2.34. The van der Waals surface area contributed by atoms with Gasteiger partial charge in [0.1, 0.15) is 0 Å². The molecule has 1 aliphatic rings. The molecule has 1 saturated heterocycles. The van der Waals surface area contributed by atoms with E-state index in [0.717, 1.165) is 39.3 Å². The Labute approximate surface area is 249 Å². The molecule has 13 heteroatoms. The molecule has 44 heavy (non-hydrogen) atoms. The SMILES string of the molecule is O=C(O)C(F)(F)F.O=C(O)C(F)(F)F.c1ccc2cc(-c3ccc(CN4CCN(Cc5ccncc5)CC4)cc3)ccc2c1. The first-order chi connectivity index (χ1) is 20.7. The van der Waals surface area contributed by atoms with Crippen LogP contribution in [0.4, 0.5) is 26.3 Å². The number of piperazine rings is 1. The molecule has 0 aliphatic carbocycles. The number of aliphatic carboxylic acids is 2. The van der Waals surface area contributed by atoms with Crippen LogP contribution in [0.3, 0.4) is 0 Å². The van der Waals surface area contributed by atoms with Gasteiger partial charge in [0.25, 0.3) is 0 Å². The summed E-state index contributed by atoms with van der Waals surface area (Å²) in [7, 11) is 0. The number of carboxylic acids is 2. The van der Waals surface area contributed by atoms with E-state index in [1.54, 1.807) is 0 Å². The van der Waals surface area contributed by atoms with Crippen molar-refractivity contribution in [3.8, 4) is 11.1 Å². The lowest BCUT2D eigenvalue weighted by molar-refractivity contribution is -0.193. The van der Waals surface area contributed by atoms with E-state index in [1.807, 2.05) is 12.4 Å². The van der Waals surface area contributed by atoms with E-state index < -0.39 is 24.3 Å². The zero-order valence-electron chi connectivity index (χ0n) is 23.2. The maximum atomic E-state index is 10.6. The number of pyridine rings is 1. The summed E-state index contributed by atoms with van der Waals surface area (Å²) in [6.07, 6.45) is -6.40. The zero-order chi connectivity index (χ0) is 32.3. The van der Waals surface area contributed by atoms with Crippen molar-refractivity contribution >= 4 is 22.7 Å². The molecule has 0 saturated carbocycles. The maximum Gasteiger partial charge on any atom is 0.490 e. The summed E-state index contributed by atoms with van der Waals surface area (Å²) in [5, 5.41) is 16.8. The van der Waals surface area contributed by atoms with Crippen LogP contribution in [0.25, 0.3) is 21.9 Å². The van der Waals surface area contributed by atoms with Gasteiger partial charge in [0, 0.05) is 51.7 Å². The average molecular weight is 622 g/mol. The van der Waals surface area contributed by atoms with E-state index in [0.29, 0.717) is 0 Å². The predicted octanol–water partition coefficient (Wildman–Crippen LogP) is 6.49. The molecule has 0 spiro atoms. The van der Waals surface area contributed by atoms with E-state index in [9.17, 15) is 26.3 Å². The first kappa shape index (κ1) is 34.0. The van der Waals surface area contributed by atoms with E-state index in [-0.39, 0.29) is 0 Å². The van der Waals surface area contributed by atoms with Crippen molar-refractivity contribution in [2.24, 2.45) is 0 Å². The largest absolute Gasteiger partial charge is 0.490 e. The third-order valence-corrected chi connectivity index (χ3v) is 6.55. The lowest BCUT2D eigenvalue weighted by Crippen LogP contribution is -2.45. The Morgan fingerprint density at radius 1 is 0.614 bits per heavy atom. The summed E-state index contributed by atoms with van der Waals surface area (Å²) in [6, 6.07) is 28.6. The highest BCUT2D eigenvalue weighted by Gasteiger charge is 2.38. The van der Waals surface area contributed by atoms with Crippen LogP contribution < -0.4 is 0 Å². The first-order valence-electron chi connectivity index (χ1n) is 13.2. The summed E-state index contributed by atoms with van der Waals surface area (Å²) >= 11 is 0. The van der Waals surface area contributed by atoms with Gasteiger partial charge in [-0.15, -0.1) is 0 Å². The number of benzene rings is 3. The van der Waals surface area contributed by atoms with Crippen molar-refractivity contribution in [2.75, 3.05) is 26.2 Å². The van der Waals surface area contributed by atoms with Crippen molar-refractivity contribution in [3.05, 3.63) is 102 Å². The number of rotatable bonds is 5. The van der Waals surface area contributed by atoms with Gasteiger partial charge in [-0.05, 0) is 51.2 Å². The molecule has 1 aromatic heterocycles. The summed E-state index contributed by atoms with van der Waals surface area (Å²) in [5.74, 6) is -5.51. The zero-order valence-corrected chi connectivity index (χ0v) is 23.2. The summed E-state index contributed by atoms with van der Waals surface area (Å²) in [6.45, 7) is 6.54. The minimum Gasteiger partial charge on any atom is -0.475 e. The van der Waals surface area contributed by atoms with Crippen LogP contribution in [0.5, 0.6) is 0 Å². The quantitative estimate of drug-likeness (QED) is 0.246. The van der Waals surface area contributed by atoms with Crippen LogP contribution in [0.1, 0.15) is 11.1 Å². The van der Waals surface area contributed by atoms with Crippen LogP contribution in [0, 0.1) is 0 Å². The number of halogens is 6. The van der Waals surface area contributed by atoms with Gasteiger partial charge in [-0.25, -0.2) is 9.59 Å². The normalized spacial score (nSPS) is 14.1. The van der Waals surface area contributed by atoms with Gasteiger partial charge in [0.2, 0.25) is 0 Å². The summed E-state index contributed by atoms with van der Waals surface area (Å²) in [4.78, 5) is 27.0. The minimum atomic E-state index is -5.08. The van der Waals surface area contributed by atoms with E-state index >= 15 is 0 Å². The Hall–Kier alpha value is -4.49. The van der Waals surface area contributed by atoms with Gasteiger partial charge in [-0.2, -0.15) is 26.3 Å². The highest BCUT2D eigenvalue weighted by molar-refractivity contribution is 5.87. The number of hydrogen-bond acceptors (Lipinski definition) is 5. The highest BCUT2D eigenvalue weighted by atomic mass is 19.4. The number of aromatic nitrogens is 1. The molecule has 1 aliphatic heterocycles. The molecule has 4 aromatic rings. The second kappa shape index (κ2) is 15.3. The van der Waals surface area contributed by atoms with Gasteiger partial charge >= 0.3 is 24.3 Å². The van der Waals surface area contributed by atoms with E-state index in [4.69, 9.17) is 19.8 Å². The fraction of sp³-hybridized carbons (Fsp3) is 0.258. The predicted molar refractivity (Wildman–Crippen MR) is 152 cm³/mol. The molecule has 0 bridgehead atoms. The summed E-state index contributed by atoms with van der Waals surface area (Å²) in [5.41, 5.74) is 5.31. The van der Waals surface area contributed by atoms with Gasteiger partial charge in [0.05, 0.1) is 0 Å². The molecule has 3 aromatic carbocycles. The number of nitrogens with zero attached hydrogens (tertiary/aromatic N) is 3. The molecule has 7 nitrogen and oxygen atoms in total. The van der Waals surface area contributed by atoms with Crippen LogP contribution in [-0.4, -0.2) is 75.5 Å². The third-order valence-electron chi connectivity index (χ3n) is 6.55. The Kier molecular flexibility index (Phi) is 11.8. The molecule has 0 unspecified atom stereocenters. The smallest absolute Gasteiger partial charge is 0.475 e. The Morgan fingerprint density at radius 3 is 1.48 bits per heavy atom. The minimum absolute atomic E-state index is 1.02. The van der Waals surface area contributed by atoms with Crippen LogP contribution in [0.2, 0.25) is 0 Å². The lowest BCUT2D eigenvalue weighted by atomic mass is 10.0. The van der Waals surface area contributed by atoms with Gasteiger partial charge in [0.15, 0.2) is 0 Å². The molecule has 2 N–H and O–H groups in total. The van der Waals surface area contributed by atoms with Crippen molar-refractivity contribution < 1.29 is 46.1 Å². The standard InChI is InChI=1S/C27H27N3.2C2HF3O2/c1-2-4-26-19-27(10-9-24(26)3-1)25-7-5-22(6-8-25)20-29-15-17-30(18-16-29)21-23-11-13-28-14-12-23;2*3-2(4,5)1(6)7/h1-14,19H,15-18,20-21H2;2*(H,6,7). The highest BCUT2D eigenvalue weighted by Crippen LogP contribution is 2.25. The van der Waals surface area contributed by atoms with E-state index in [2.05, 4.69) is 93.6 Å². The first-order valence-corrected chi connectivity index (χ1v) is 13.2. The fourth-order valence-corrected chi connectivity index (χ4v) is 4.28. The number of hydrogen-bond donors (Lipinski definition) is 2. The molecule has 5 rings (SSSR count). The monoisotopic (exact) mass is 621 g/mol. The number of fused-ring (bicyclic) bond motifs is 1. The molecule has 2 heterocycles. The van der Waals surface area contributed by atoms with Gasteiger partial charge in [-0.3, -0.25) is 14.8 Å². The van der Waals surface area contributed by atoms with Crippen molar-refractivity contribution in [1.29, 1.82) is 0 Å². The van der Waals surface area contributed by atoms with Crippen molar-refractivity contribution in [2.45, 2.75) is 25.4 Å². The fourth-order valence-electron chi connectivity index (χ4n) is 4.28. The topological polar surface area (TPSA) is 94.0 Å². The molecule has 1 fully saturated rings. The molecule has 0 atom stereocenters. The number of carbonyl (C=O) groups is 2. The molecule has 0 amide bonds. The second-order valence-electron chi connectivity index (χ2n) is 9.77. The van der Waals surface area contributed by atoms with Crippen molar-refractivity contribution in [3.63, 3.8) is 0 Å². The van der Waals surface area contributed by atoms with Crippen molar-refractivity contribution in [1.82, 2.24) is 14.8 Å². The van der Waals surface area contributed by atoms with Crippen LogP contribution >= 0.6 is 0 Å². The number of alkyl halides is 6. The molecule has 234 valence electrons.